The number of fused-ring (bicyclic) bond motifs is 1. The largest absolute Gasteiger partial charge is 0.489 e. The summed E-state index contributed by atoms with van der Waals surface area (Å²) in [5.41, 5.74) is 0.839. The van der Waals surface area contributed by atoms with E-state index in [0.717, 1.165) is 5.56 Å². The number of nitrogens with one attached hydrogen (secondary N) is 1. The molecule has 7 heteroatoms. The molecule has 116 valence electrons. The van der Waals surface area contributed by atoms with Crippen molar-refractivity contribution in [3.8, 4) is 5.75 Å². The number of halogens is 1. The average Bonchev–Trinajstić information content (AvgIpc) is 2.95. The predicted octanol–water partition coefficient (Wildman–Crippen LogP) is 2.12. The van der Waals surface area contributed by atoms with Gasteiger partial charge in [-0.2, -0.15) is 0 Å². The lowest BCUT2D eigenvalue weighted by molar-refractivity contribution is 0.117. The van der Waals surface area contributed by atoms with Crippen molar-refractivity contribution in [2.75, 3.05) is 6.61 Å². The fraction of sp³-hybridized carbons (Fsp3) is 0.571. The van der Waals surface area contributed by atoms with Crippen molar-refractivity contribution >= 4 is 21.6 Å². The molecule has 0 saturated carbocycles. The fourth-order valence-corrected chi connectivity index (χ4v) is 4.53. The topological polar surface area (TPSA) is 64.6 Å². The molecule has 3 atom stereocenters. The van der Waals surface area contributed by atoms with Gasteiger partial charge in [-0.3, -0.25) is 0 Å². The zero-order chi connectivity index (χ0) is 15.2. The summed E-state index contributed by atoms with van der Waals surface area (Å²) in [5.74, 6) is 0.598. The van der Waals surface area contributed by atoms with Gasteiger partial charge in [-0.05, 0) is 32.4 Å². The van der Waals surface area contributed by atoms with Crippen molar-refractivity contribution in [1.82, 2.24) is 4.72 Å². The first kappa shape index (κ1) is 15.1. The maximum Gasteiger partial charge on any atom is 0.240 e. The van der Waals surface area contributed by atoms with Crippen LogP contribution in [0.2, 0.25) is 5.02 Å². The molecule has 0 bridgehead atoms. The van der Waals surface area contributed by atoms with Crippen molar-refractivity contribution in [2.24, 2.45) is 0 Å². The highest BCUT2D eigenvalue weighted by Crippen LogP contribution is 2.38. The van der Waals surface area contributed by atoms with Crippen LogP contribution in [0.1, 0.15) is 25.8 Å². The molecule has 1 aromatic carbocycles. The molecule has 2 heterocycles. The summed E-state index contributed by atoms with van der Waals surface area (Å²) in [6, 6.07) is 2.89. The van der Waals surface area contributed by atoms with Gasteiger partial charge in [-0.25, -0.2) is 13.1 Å². The molecule has 1 N–H and O–H groups in total. The van der Waals surface area contributed by atoms with E-state index in [4.69, 9.17) is 21.1 Å². The third-order valence-corrected chi connectivity index (χ3v) is 5.66. The van der Waals surface area contributed by atoms with E-state index in [2.05, 4.69) is 4.72 Å². The molecule has 2 aliphatic heterocycles. The molecule has 0 amide bonds. The van der Waals surface area contributed by atoms with Crippen LogP contribution in [-0.4, -0.2) is 33.3 Å². The van der Waals surface area contributed by atoms with Crippen molar-refractivity contribution in [2.45, 2.75) is 49.8 Å². The van der Waals surface area contributed by atoms with E-state index in [9.17, 15) is 8.42 Å². The van der Waals surface area contributed by atoms with Gasteiger partial charge in [0.05, 0.1) is 22.1 Å². The smallest absolute Gasteiger partial charge is 0.240 e. The van der Waals surface area contributed by atoms with Crippen molar-refractivity contribution < 1.29 is 17.9 Å². The Labute approximate surface area is 129 Å². The SMILES string of the molecule is C[C@@H]1Cc2cc(S(=O)(=O)N[C@@H]3CCO[C@@H]3C)cc(Cl)c2O1. The highest BCUT2D eigenvalue weighted by molar-refractivity contribution is 7.89. The van der Waals surface area contributed by atoms with Gasteiger partial charge in [0, 0.05) is 18.6 Å². The number of rotatable bonds is 3. The molecular formula is C14H18ClNO4S. The molecule has 21 heavy (non-hydrogen) atoms. The van der Waals surface area contributed by atoms with Gasteiger partial charge in [0.15, 0.2) is 0 Å². The van der Waals surface area contributed by atoms with Crippen LogP contribution in [0.5, 0.6) is 5.75 Å². The minimum absolute atomic E-state index is 0.0201. The van der Waals surface area contributed by atoms with Gasteiger partial charge in [0.2, 0.25) is 10.0 Å². The minimum Gasteiger partial charge on any atom is -0.489 e. The minimum atomic E-state index is -3.61. The van der Waals surface area contributed by atoms with Gasteiger partial charge in [-0.15, -0.1) is 0 Å². The Morgan fingerprint density at radius 2 is 2.10 bits per heavy atom. The second-order valence-corrected chi connectivity index (χ2v) is 7.74. The maximum atomic E-state index is 12.5. The molecule has 0 spiro atoms. The third-order valence-electron chi connectivity index (χ3n) is 3.91. The highest BCUT2D eigenvalue weighted by atomic mass is 35.5. The van der Waals surface area contributed by atoms with Crippen LogP contribution in [0.4, 0.5) is 0 Å². The Kier molecular flexibility index (Phi) is 3.90. The van der Waals surface area contributed by atoms with Crippen LogP contribution < -0.4 is 9.46 Å². The van der Waals surface area contributed by atoms with Crippen LogP contribution in [0.25, 0.3) is 0 Å². The number of sulfonamides is 1. The summed E-state index contributed by atoms with van der Waals surface area (Å²) < 4.78 is 38.7. The maximum absolute atomic E-state index is 12.5. The predicted molar refractivity (Wildman–Crippen MR) is 79.4 cm³/mol. The highest BCUT2D eigenvalue weighted by Gasteiger charge is 2.31. The summed E-state index contributed by atoms with van der Waals surface area (Å²) in [6.45, 7) is 4.37. The Balaban J connectivity index is 1.89. The molecule has 0 unspecified atom stereocenters. The first-order valence-corrected chi connectivity index (χ1v) is 8.86. The van der Waals surface area contributed by atoms with Gasteiger partial charge in [0.1, 0.15) is 11.9 Å². The van der Waals surface area contributed by atoms with Crippen LogP contribution in [0.15, 0.2) is 17.0 Å². The van der Waals surface area contributed by atoms with Gasteiger partial charge in [-0.1, -0.05) is 11.6 Å². The van der Waals surface area contributed by atoms with Crippen LogP contribution >= 0.6 is 11.6 Å². The van der Waals surface area contributed by atoms with E-state index in [0.29, 0.717) is 30.2 Å². The number of hydrogen-bond donors (Lipinski definition) is 1. The van der Waals surface area contributed by atoms with Crippen LogP contribution in [0.3, 0.4) is 0 Å². The molecule has 1 fully saturated rings. The standard InChI is InChI=1S/C14H18ClNO4S/c1-8-5-10-6-11(7-12(15)14(10)20-8)21(17,18)16-13-3-4-19-9(13)2/h6-9,13,16H,3-5H2,1-2H3/t8-,9-,13-/m1/s1. The lowest BCUT2D eigenvalue weighted by atomic mass is 10.1. The zero-order valence-electron chi connectivity index (χ0n) is 11.9. The first-order valence-electron chi connectivity index (χ1n) is 7.00. The second-order valence-electron chi connectivity index (χ2n) is 5.62. The Morgan fingerprint density at radius 1 is 1.33 bits per heavy atom. The number of benzene rings is 1. The van der Waals surface area contributed by atoms with Crippen molar-refractivity contribution in [3.63, 3.8) is 0 Å². The van der Waals surface area contributed by atoms with Crippen molar-refractivity contribution in [1.29, 1.82) is 0 Å². The summed E-state index contributed by atoms with van der Waals surface area (Å²) >= 11 is 6.15. The summed E-state index contributed by atoms with van der Waals surface area (Å²) in [4.78, 5) is 0.183. The molecule has 1 saturated heterocycles. The van der Waals surface area contributed by atoms with E-state index in [1.807, 2.05) is 13.8 Å². The quantitative estimate of drug-likeness (QED) is 0.921. The average molecular weight is 332 g/mol. The molecule has 1 aromatic rings. The molecule has 0 aromatic heterocycles. The zero-order valence-corrected chi connectivity index (χ0v) is 13.5. The molecule has 0 aliphatic carbocycles. The Morgan fingerprint density at radius 3 is 2.76 bits per heavy atom. The second kappa shape index (κ2) is 5.43. The van der Waals surface area contributed by atoms with E-state index in [1.165, 1.54) is 6.07 Å². The third kappa shape index (κ3) is 2.90. The summed E-state index contributed by atoms with van der Waals surface area (Å²) in [5, 5.41) is 0.341. The Bertz CT molecular complexity index is 661. The van der Waals surface area contributed by atoms with E-state index < -0.39 is 10.0 Å². The molecule has 2 aliphatic rings. The number of hydrogen-bond acceptors (Lipinski definition) is 4. The van der Waals surface area contributed by atoms with Gasteiger partial charge >= 0.3 is 0 Å². The fourth-order valence-electron chi connectivity index (χ4n) is 2.77. The van der Waals surface area contributed by atoms with Crippen molar-refractivity contribution in [3.05, 3.63) is 22.7 Å². The van der Waals surface area contributed by atoms with Crippen LogP contribution in [0, 0.1) is 0 Å². The first-order chi connectivity index (χ1) is 9.87. The molecular weight excluding hydrogens is 314 g/mol. The van der Waals surface area contributed by atoms with E-state index in [-0.39, 0.29) is 23.1 Å². The summed E-state index contributed by atoms with van der Waals surface area (Å²) in [7, 11) is -3.61. The van der Waals surface area contributed by atoms with Crippen LogP contribution in [-0.2, 0) is 21.2 Å². The Hall–Kier alpha value is -0.820. The van der Waals surface area contributed by atoms with E-state index in [1.54, 1.807) is 6.07 Å². The van der Waals surface area contributed by atoms with Gasteiger partial charge < -0.3 is 9.47 Å². The molecule has 0 radical (unpaired) electrons. The van der Waals surface area contributed by atoms with E-state index >= 15 is 0 Å². The number of ether oxygens (including phenoxy) is 2. The van der Waals surface area contributed by atoms with Gasteiger partial charge in [0.25, 0.3) is 0 Å². The summed E-state index contributed by atoms with van der Waals surface area (Å²) in [6.07, 6.45) is 1.25. The molecule has 3 rings (SSSR count). The monoisotopic (exact) mass is 331 g/mol. The normalized spacial score (nSPS) is 28.4. The lowest BCUT2D eigenvalue weighted by Crippen LogP contribution is -2.39. The lowest BCUT2D eigenvalue weighted by Gasteiger charge is -2.16. The molecule has 5 nitrogen and oxygen atoms in total.